The molecule has 0 fully saturated rings. The Kier molecular flexibility index (Phi) is 7.29. The van der Waals surface area contributed by atoms with Crippen molar-refractivity contribution in [3.8, 4) is 0 Å². The maximum atomic E-state index is 11.9. The fourth-order valence-electron chi connectivity index (χ4n) is 1.72. The lowest BCUT2D eigenvalue weighted by molar-refractivity contribution is 0.0690. The van der Waals surface area contributed by atoms with Gasteiger partial charge in [-0.25, -0.2) is 14.8 Å². The highest BCUT2D eigenvalue weighted by Gasteiger charge is 2.12. The number of aromatic nitrogens is 2. The Balaban J connectivity index is 0.00000127. The number of carboxylic acids is 1. The Morgan fingerprint density at radius 1 is 1.17 bits per heavy atom. The van der Waals surface area contributed by atoms with Crippen LogP contribution in [-0.4, -0.2) is 27.0 Å². The first-order valence-electron chi connectivity index (χ1n) is 7.16. The van der Waals surface area contributed by atoms with E-state index in [1.54, 1.807) is 0 Å². The van der Waals surface area contributed by atoms with Crippen molar-refractivity contribution in [2.75, 3.05) is 0 Å². The number of aryl methyl sites for hydroxylation is 1. The summed E-state index contributed by atoms with van der Waals surface area (Å²) in [7, 11) is 2.64. The highest BCUT2D eigenvalue weighted by Crippen LogP contribution is 2.05. The van der Waals surface area contributed by atoms with E-state index >= 15 is 0 Å². The number of benzene rings is 1. The number of carbonyl (C=O) groups is 2. The van der Waals surface area contributed by atoms with Gasteiger partial charge in [-0.05, 0) is 23.4 Å². The molecule has 0 aliphatic rings. The van der Waals surface area contributed by atoms with Crippen molar-refractivity contribution < 1.29 is 14.7 Å². The van der Waals surface area contributed by atoms with Crippen LogP contribution in [0.5, 0.6) is 0 Å². The first-order valence-corrected chi connectivity index (χ1v) is 7.73. The zero-order valence-electron chi connectivity index (χ0n) is 13.3. The molecule has 7 heteroatoms. The highest BCUT2D eigenvalue weighted by molar-refractivity contribution is 7.27. The van der Waals surface area contributed by atoms with Crippen LogP contribution in [0.2, 0.25) is 0 Å². The Hall–Kier alpha value is -2.33. The smallest absolute Gasteiger partial charge is 0.354 e. The standard InChI is InChI=1S/C14H14N3O3P.C2H6/c1-8-4-9(2-3-12(8)21)6-15-13(18)10-5-11(14(19)20)17-7-16-10;1-2/h2-5,7H,6,21H2,1H3,(H,15,18)(H,19,20);1-2H3. The van der Waals surface area contributed by atoms with Gasteiger partial charge < -0.3 is 10.4 Å². The summed E-state index contributed by atoms with van der Waals surface area (Å²) >= 11 is 0. The largest absolute Gasteiger partial charge is 0.477 e. The molecule has 23 heavy (non-hydrogen) atoms. The van der Waals surface area contributed by atoms with Crippen molar-refractivity contribution in [2.24, 2.45) is 0 Å². The summed E-state index contributed by atoms with van der Waals surface area (Å²) < 4.78 is 0. The second-order valence-corrected chi connectivity index (χ2v) is 5.09. The second kappa shape index (κ2) is 8.96. The van der Waals surface area contributed by atoms with E-state index in [2.05, 4.69) is 24.5 Å². The predicted molar refractivity (Wildman–Crippen MR) is 92.0 cm³/mol. The van der Waals surface area contributed by atoms with Crippen molar-refractivity contribution in [3.05, 3.63) is 53.1 Å². The summed E-state index contributed by atoms with van der Waals surface area (Å²) in [4.78, 5) is 30.1. The molecule has 2 N–H and O–H groups in total. The summed E-state index contributed by atoms with van der Waals surface area (Å²) in [6.07, 6.45) is 1.06. The summed E-state index contributed by atoms with van der Waals surface area (Å²) in [5.41, 5.74) is 1.89. The van der Waals surface area contributed by atoms with Gasteiger partial charge in [-0.15, -0.1) is 9.24 Å². The quantitative estimate of drug-likeness (QED) is 0.834. The number of amides is 1. The zero-order valence-corrected chi connectivity index (χ0v) is 14.5. The van der Waals surface area contributed by atoms with Gasteiger partial charge in [0.2, 0.25) is 0 Å². The van der Waals surface area contributed by atoms with Crippen molar-refractivity contribution >= 4 is 26.4 Å². The van der Waals surface area contributed by atoms with Gasteiger partial charge in [0.15, 0.2) is 5.69 Å². The van der Waals surface area contributed by atoms with Crippen molar-refractivity contribution in [3.63, 3.8) is 0 Å². The van der Waals surface area contributed by atoms with E-state index in [0.29, 0.717) is 6.54 Å². The third kappa shape index (κ3) is 5.42. The molecule has 0 saturated heterocycles. The van der Waals surface area contributed by atoms with Crippen LogP contribution < -0.4 is 10.6 Å². The Labute approximate surface area is 137 Å². The molecule has 0 bridgehead atoms. The van der Waals surface area contributed by atoms with Crippen molar-refractivity contribution in [2.45, 2.75) is 27.3 Å². The zero-order chi connectivity index (χ0) is 17.4. The highest BCUT2D eigenvalue weighted by atomic mass is 31.0. The van der Waals surface area contributed by atoms with E-state index in [1.165, 1.54) is 0 Å². The van der Waals surface area contributed by atoms with Crippen molar-refractivity contribution in [1.82, 2.24) is 15.3 Å². The lowest BCUT2D eigenvalue weighted by Gasteiger charge is -2.07. The molecule has 122 valence electrons. The van der Waals surface area contributed by atoms with Gasteiger partial charge in [-0.1, -0.05) is 32.0 Å². The molecule has 0 aliphatic heterocycles. The molecule has 1 heterocycles. The molecule has 2 rings (SSSR count). The Morgan fingerprint density at radius 2 is 1.83 bits per heavy atom. The first kappa shape index (κ1) is 18.7. The summed E-state index contributed by atoms with van der Waals surface area (Å²) in [6.45, 7) is 6.33. The molecule has 0 radical (unpaired) electrons. The van der Waals surface area contributed by atoms with Gasteiger partial charge in [-0.2, -0.15) is 0 Å². The molecular weight excluding hydrogens is 313 g/mol. The van der Waals surface area contributed by atoms with Crippen LogP contribution in [0.15, 0.2) is 30.6 Å². The van der Waals surface area contributed by atoms with E-state index in [0.717, 1.165) is 28.8 Å². The topological polar surface area (TPSA) is 92.2 Å². The first-order chi connectivity index (χ1) is 11.0. The minimum absolute atomic E-state index is 0.0294. The number of carboxylic acid groups (broad SMARTS) is 1. The van der Waals surface area contributed by atoms with Gasteiger partial charge >= 0.3 is 5.97 Å². The van der Waals surface area contributed by atoms with Crippen LogP contribution in [0.1, 0.15) is 46.0 Å². The molecule has 1 amide bonds. The predicted octanol–water partition coefficient (Wildman–Crippen LogP) is 1.94. The van der Waals surface area contributed by atoms with Crippen molar-refractivity contribution in [1.29, 1.82) is 0 Å². The van der Waals surface area contributed by atoms with Crippen LogP contribution in [0.4, 0.5) is 0 Å². The Morgan fingerprint density at radius 3 is 2.43 bits per heavy atom. The molecular formula is C16H20N3O3P. The molecule has 0 spiro atoms. The van der Waals surface area contributed by atoms with Gasteiger partial charge in [0.25, 0.3) is 5.91 Å². The molecule has 1 atom stereocenters. The lowest BCUT2D eigenvalue weighted by atomic mass is 10.1. The maximum Gasteiger partial charge on any atom is 0.354 e. The third-order valence-electron chi connectivity index (χ3n) is 2.91. The van der Waals surface area contributed by atoms with E-state index < -0.39 is 11.9 Å². The minimum Gasteiger partial charge on any atom is -0.477 e. The van der Waals surface area contributed by atoms with E-state index in [1.807, 2.05) is 39.0 Å². The fraction of sp³-hybridized carbons (Fsp3) is 0.250. The molecule has 2 aromatic rings. The van der Waals surface area contributed by atoms with Crippen LogP contribution in [-0.2, 0) is 6.54 Å². The SMILES string of the molecule is CC.Cc1cc(CNC(=O)c2cc(C(=O)O)ncn2)ccc1P. The lowest BCUT2D eigenvalue weighted by Crippen LogP contribution is -2.24. The van der Waals surface area contributed by atoms with Gasteiger partial charge in [-0.3, -0.25) is 4.79 Å². The molecule has 1 aromatic heterocycles. The maximum absolute atomic E-state index is 11.9. The van der Waals surface area contributed by atoms with Gasteiger partial charge in [0, 0.05) is 12.6 Å². The van der Waals surface area contributed by atoms with Gasteiger partial charge in [0.05, 0.1) is 0 Å². The molecule has 1 unspecified atom stereocenters. The summed E-state index contributed by atoms with van der Waals surface area (Å²) in [5.74, 6) is -1.63. The van der Waals surface area contributed by atoms with Gasteiger partial charge in [0.1, 0.15) is 12.0 Å². The average Bonchev–Trinajstić information content (AvgIpc) is 2.57. The van der Waals surface area contributed by atoms with E-state index in [-0.39, 0.29) is 11.4 Å². The number of aromatic carboxylic acids is 1. The minimum atomic E-state index is -1.20. The number of hydrogen-bond acceptors (Lipinski definition) is 4. The van der Waals surface area contributed by atoms with Crippen LogP contribution in [0.25, 0.3) is 0 Å². The summed E-state index contributed by atoms with van der Waals surface area (Å²) in [5, 5.41) is 12.6. The monoisotopic (exact) mass is 333 g/mol. The Bertz CT molecular complexity index is 705. The molecule has 6 nitrogen and oxygen atoms in total. The third-order valence-corrected chi connectivity index (χ3v) is 3.55. The number of nitrogens with one attached hydrogen (secondary N) is 1. The number of hydrogen-bond donors (Lipinski definition) is 2. The van der Waals surface area contributed by atoms with Crippen LogP contribution in [0, 0.1) is 6.92 Å². The van der Waals surface area contributed by atoms with E-state index in [4.69, 9.17) is 5.11 Å². The van der Waals surface area contributed by atoms with E-state index in [9.17, 15) is 9.59 Å². The summed E-state index contributed by atoms with van der Waals surface area (Å²) in [6, 6.07) is 6.99. The van der Waals surface area contributed by atoms with Crippen LogP contribution in [0.3, 0.4) is 0 Å². The fourth-order valence-corrected chi connectivity index (χ4v) is 1.90. The normalized spacial score (nSPS) is 9.57. The number of rotatable bonds is 4. The average molecular weight is 333 g/mol. The molecule has 1 aromatic carbocycles. The second-order valence-electron chi connectivity index (χ2n) is 4.47. The van der Waals surface area contributed by atoms with Crippen LogP contribution >= 0.6 is 9.24 Å². The number of carbonyl (C=O) groups excluding carboxylic acids is 1. The molecule has 0 saturated carbocycles. The number of nitrogens with zero attached hydrogens (tertiary/aromatic N) is 2. The molecule has 0 aliphatic carbocycles.